The molecule has 0 radical (unpaired) electrons. The van der Waals surface area contributed by atoms with Crippen LogP contribution in [0.25, 0.3) is 11.0 Å². The van der Waals surface area contributed by atoms with Gasteiger partial charge in [-0.05, 0) is 18.2 Å². The first-order chi connectivity index (χ1) is 7.99. The Balaban J connectivity index is 2.58. The minimum atomic E-state index is -0.0974. The predicted molar refractivity (Wildman–Crippen MR) is 67.6 cm³/mol. The Bertz CT molecular complexity index is 599. The number of aromatic nitrogens is 2. The smallest absolute Gasteiger partial charge is 0.253 e. The van der Waals surface area contributed by atoms with Crippen LogP contribution in [0.2, 0.25) is 10.3 Å². The van der Waals surface area contributed by atoms with E-state index >= 15 is 0 Å². The molecule has 6 heteroatoms. The second-order valence-electron chi connectivity index (χ2n) is 3.71. The molecule has 1 heterocycles. The van der Waals surface area contributed by atoms with Crippen LogP contribution in [0.15, 0.2) is 18.2 Å². The van der Waals surface area contributed by atoms with E-state index in [4.69, 9.17) is 23.2 Å². The summed E-state index contributed by atoms with van der Waals surface area (Å²) in [4.78, 5) is 21.4. The van der Waals surface area contributed by atoms with Gasteiger partial charge in [-0.25, -0.2) is 9.97 Å². The lowest BCUT2D eigenvalue weighted by Gasteiger charge is -2.10. The molecular weight excluding hydrogens is 261 g/mol. The van der Waals surface area contributed by atoms with Gasteiger partial charge < -0.3 is 4.90 Å². The van der Waals surface area contributed by atoms with Crippen molar-refractivity contribution in [2.75, 3.05) is 14.1 Å². The van der Waals surface area contributed by atoms with Crippen molar-refractivity contribution in [3.05, 3.63) is 34.1 Å². The average molecular weight is 270 g/mol. The molecule has 1 amide bonds. The lowest BCUT2D eigenvalue weighted by atomic mass is 10.2. The molecule has 0 saturated carbocycles. The van der Waals surface area contributed by atoms with Crippen molar-refractivity contribution in [1.82, 2.24) is 14.9 Å². The molecule has 0 aliphatic carbocycles. The van der Waals surface area contributed by atoms with Crippen LogP contribution in [-0.2, 0) is 0 Å². The van der Waals surface area contributed by atoms with Crippen molar-refractivity contribution in [3.8, 4) is 0 Å². The van der Waals surface area contributed by atoms with E-state index in [0.29, 0.717) is 16.6 Å². The molecule has 0 saturated heterocycles. The molecule has 0 spiro atoms. The molecule has 17 heavy (non-hydrogen) atoms. The molecular formula is C11H9Cl2N3O. The first-order valence-electron chi connectivity index (χ1n) is 4.83. The number of hydrogen-bond acceptors (Lipinski definition) is 3. The Kier molecular flexibility index (Phi) is 3.17. The zero-order valence-electron chi connectivity index (χ0n) is 9.24. The van der Waals surface area contributed by atoms with Crippen LogP contribution in [0.3, 0.4) is 0 Å². The van der Waals surface area contributed by atoms with Gasteiger partial charge in [-0.1, -0.05) is 23.2 Å². The maximum absolute atomic E-state index is 11.8. The number of fused-ring (bicyclic) bond motifs is 1. The fraction of sp³-hybridized carbons (Fsp3) is 0.182. The molecule has 1 aromatic carbocycles. The molecule has 88 valence electrons. The van der Waals surface area contributed by atoms with Crippen LogP contribution in [0.4, 0.5) is 0 Å². The fourth-order valence-electron chi connectivity index (χ4n) is 1.40. The van der Waals surface area contributed by atoms with Gasteiger partial charge in [-0.15, -0.1) is 0 Å². The van der Waals surface area contributed by atoms with Crippen LogP contribution < -0.4 is 0 Å². The van der Waals surface area contributed by atoms with Crippen LogP contribution >= 0.6 is 23.2 Å². The largest absolute Gasteiger partial charge is 0.345 e. The second kappa shape index (κ2) is 4.47. The Morgan fingerprint density at radius 2 is 1.71 bits per heavy atom. The molecule has 0 aliphatic heterocycles. The second-order valence-corrected chi connectivity index (χ2v) is 4.42. The minimum absolute atomic E-state index is 0.0974. The van der Waals surface area contributed by atoms with Crippen molar-refractivity contribution in [2.24, 2.45) is 0 Å². The minimum Gasteiger partial charge on any atom is -0.345 e. The predicted octanol–water partition coefficient (Wildman–Crippen LogP) is 2.64. The molecule has 0 unspecified atom stereocenters. The molecule has 1 aromatic heterocycles. The van der Waals surface area contributed by atoms with E-state index in [1.165, 1.54) is 4.90 Å². The Morgan fingerprint density at radius 1 is 1.12 bits per heavy atom. The Labute approximate surface area is 108 Å². The highest BCUT2D eigenvalue weighted by molar-refractivity contribution is 6.40. The molecule has 0 atom stereocenters. The Hall–Kier alpha value is -1.39. The van der Waals surface area contributed by atoms with Crippen LogP contribution in [0.1, 0.15) is 10.4 Å². The van der Waals surface area contributed by atoms with Crippen LogP contribution in [0, 0.1) is 0 Å². The van der Waals surface area contributed by atoms with E-state index in [0.717, 1.165) is 0 Å². The molecule has 0 bridgehead atoms. The van der Waals surface area contributed by atoms with Crippen LogP contribution in [0.5, 0.6) is 0 Å². The summed E-state index contributed by atoms with van der Waals surface area (Å²) in [6.45, 7) is 0. The van der Waals surface area contributed by atoms with E-state index in [-0.39, 0.29) is 16.2 Å². The highest BCUT2D eigenvalue weighted by Gasteiger charge is 2.10. The van der Waals surface area contributed by atoms with Gasteiger partial charge in [0.15, 0.2) is 10.3 Å². The van der Waals surface area contributed by atoms with Crippen LogP contribution in [-0.4, -0.2) is 34.9 Å². The SMILES string of the molecule is CN(C)C(=O)c1ccc2nc(Cl)c(Cl)nc2c1. The van der Waals surface area contributed by atoms with Gasteiger partial charge in [-0.3, -0.25) is 4.79 Å². The summed E-state index contributed by atoms with van der Waals surface area (Å²) in [6.07, 6.45) is 0. The van der Waals surface area contributed by atoms with Gasteiger partial charge in [-0.2, -0.15) is 0 Å². The Morgan fingerprint density at radius 3 is 2.29 bits per heavy atom. The van der Waals surface area contributed by atoms with Gasteiger partial charge in [0.05, 0.1) is 11.0 Å². The summed E-state index contributed by atoms with van der Waals surface area (Å²) >= 11 is 11.5. The normalized spacial score (nSPS) is 10.6. The number of rotatable bonds is 1. The van der Waals surface area contributed by atoms with Gasteiger partial charge in [0.2, 0.25) is 0 Å². The van der Waals surface area contributed by atoms with E-state index in [1.807, 2.05) is 0 Å². The van der Waals surface area contributed by atoms with Gasteiger partial charge >= 0.3 is 0 Å². The summed E-state index contributed by atoms with van der Waals surface area (Å²) in [5.74, 6) is -0.0974. The number of carbonyl (C=O) groups is 1. The third-order valence-electron chi connectivity index (χ3n) is 2.24. The third kappa shape index (κ3) is 2.33. The van der Waals surface area contributed by atoms with Gasteiger partial charge in [0.1, 0.15) is 0 Å². The number of halogens is 2. The molecule has 0 fully saturated rings. The number of benzene rings is 1. The lowest BCUT2D eigenvalue weighted by Crippen LogP contribution is -2.21. The van der Waals surface area contributed by atoms with E-state index in [9.17, 15) is 4.79 Å². The standard InChI is InChI=1S/C11H9Cl2N3O/c1-16(2)11(17)6-3-4-7-8(5-6)15-10(13)9(12)14-7/h3-5H,1-2H3. The first kappa shape index (κ1) is 12.1. The maximum Gasteiger partial charge on any atom is 0.253 e. The van der Waals surface area contributed by atoms with Crippen molar-refractivity contribution in [2.45, 2.75) is 0 Å². The zero-order chi connectivity index (χ0) is 12.6. The number of hydrogen-bond donors (Lipinski definition) is 0. The molecule has 0 aliphatic rings. The lowest BCUT2D eigenvalue weighted by molar-refractivity contribution is 0.0828. The van der Waals surface area contributed by atoms with Crippen molar-refractivity contribution in [3.63, 3.8) is 0 Å². The monoisotopic (exact) mass is 269 g/mol. The zero-order valence-corrected chi connectivity index (χ0v) is 10.7. The summed E-state index contributed by atoms with van der Waals surface area (Å²) < 4.78 is 0. The topological polar surface area (TPSA) is 46.1 Å². The van der Waals surface area contributed by atoms with Gasteiger partial charge in [0, 0.05) is 19.7 Å². The van der Waals surface area contributed by atoms with E-state index in [2.05, 4.69) is 9.97 Å². The molecule has 2 rings (SSSR count). The summed E-state index contributed by atoms with van der Waals surface area (Å²) in [7, 11) is 3.38. The highest BCUT2D eigenvalue weighted by Crippen LogP contribution is 2.21. The summed E-state index contributed by atoms with van der Waals surface area (Å²) in [6, 6.07) is 5.03. The van der Waals surface area contributed by atoms with E-state index in [1.54, 1.807) is 32.3 Å². The first-order valence-corrected chi connectivity index (χ1v) is 5.59. The highest BCUT2D eigenvalue weighted by atomic mass is 35.5. The maximum atomic E-state index is 11.8. The molecule has 0 N–H and O–H groups in total. The summed E-state index contributed by atoms with van der Waals surface area (Å²) in [5, 5.41) is 0.291. The number of amides is 1. The van der Waals surface area contributed by atoms with Crippen molar-refractivity contribution < 1.29 is 4.79 Å². The fourth-order valence-corrected chi connectivity index (χ4v) is 1.67. The number of nitrogens with zero attached hydrogens (tertiary/aromatic N) is 3. The summed E-state index contributed by atoms with van der Waals surface area (Å²) in [5.41, 5.74) is 1.69. The average Bonchev–Trinajstić information content (AvgIpc) is 2.29. The van der Waals surface area contributed by atoms with E-state index < -0.39 is 0 Å². The van der Waals surface area contributed by atoms with Crippen molar-refractivity contribution >= 4 is 40.1 Å². The third-order valence-corrected chi connectivity index (χ3v) is 2.86. The van der Waals surface area contributed by atoms with Gasteiger partial charge in [0.25, 0.3) is 5.91 Å². The molecule has 4 nitrogen and oxygen atoms in total. The molecule has 2 aromatic rings. The number of carbonyl (C=O) groups excluding carboxylic acids is 1. The van der Waals surface area contributed by atoms with Crippen molar-refractivity contribution in [1.29, 1.82) is 0 Å². The quantitative estimate of drug-likeness (QED) is 0.800.